The first-order chi connectivity index (χ1) is 10.9. The summed E-state index contributed by atoms with van der Waals surface area (Å²) in [6, 6.07) is 10.0. The van der Waals surface area contributed by atoms with Crippen molar-refractivity contribution in [2.75, 3.05) is 11.9 Å². The van der Waals surface area contributed by atoms with Gasteiger partial charge in [-0.05, 0) is 29.8 Å². The van der Waals surface area contributed by atoms with E-state index in [-0.39, 0.29) is 24.6 Å². The maximum atomic E-state index is 13.4. The van der Waals surface area contributed by atoms with Crippen molar-refractivity contribution >= 4 is 33.4 Å². The molecule has 23 heavy (non-hydrogen) atoms. The average Bonchev–Trinajstić information content (AvgIpc) is 2.50. The number of amides is 2. The summed E-state index contributed by atoms with van der Waals surface area (Å²) < 4.78 is 27.0. The molecule has 2 N–H and O–H groups in total. The molecule has 0 unspecified atom stereocenters. The monoisotopic (exact) mass is 382 g/mol. The van der Waals surface area contributed by atoms with Gasteiger partial charge < -0.3 is 10.6 Å². The highest BCUT2D eigenvalue weighted by Crippen LogP contribution is 2.14. The highest BCUT2D eigenvalue weighted by atomic mass is 79.9. The summed E-state index contributed by atoms with van der Waals surface area (Å²) in [5.41, 5.74) is 0.661. The zero-order chi connectivity index (χ0) is 16.8. The van der Waals surface area contributed by atoms with Gasteiger partial charge >= 0.3 is 0 Å². The predicted octanol–water partition coefficient (Wildman–Crippen LogP) is 3.02. The molecule has 2 rings (SSSR count). The number of rotatable bonds is 5. The van der Waals surface area contributed by atoms with Crippen molar-refractivity contribution in [1.29, 1.82) is 0 Å². The number of hydrogen-bond donors (Lipinski definition) is 2. The first-order valence-electron chi connectivity index (χ1n) is 6.70. The molecule has 0 atom stereocenters. The Labute approximate surface area is 140 Å². The normalized spacial score (nSPS) is 10.2. The fraction of sp³-hybridized carbons (Fsp3) is 0.125. The molecule has 0 bridgehead atoms. The molecule has 0 spiro atoms. The fourth-order valence-electron chi connectivity index (χ4n) is 1.81. The van der Waals surface area contributed by atoms with E-state index >= 15 is 0 Å². The molecular weight excluding hydrogens is 370 g/mol. The molecule has 0 heterocycles. The van der Waals surface area contributed by atoms with Gasteiger partial charge in [-0.2, -0.15) is 0 Å². The third kappa shape index (κ3) is 5.45. The third-order valence-electron chi connectivity index (χ3n) is 2.93. The van der Waals surface area contributed by atoms with Gasteiger partial charge in [0, 0.05) is 10.5 Å². The number of anilines is 1. The Morgan fingerprint density at radius 3 is 2.35 bits per heavy atom. The van der Waals surface area contributed by atoms with Crippen LogP contribution in [0.4, 0.5) is 14.5 Å². The van der Waals surface area contributed by atoms with Crippen LogP contribution in [0.5, 0.6) is 0 Å². The van der Waals surface area contributed by atoms with Crippen molar-refractivity contribution in [2.24, 2.45) is 0 Å². The Morgan fingerprint density at radius 2 is 1.70 bits per heavy atom. The lowest BCUT2D eigenvalue weighted by Gasteiger charge is -2.08. The molecule has 0 saturated carbocycles. The molecular formula is C16H13BrF2N2O2. The van der Waals surface area contributed by atoms with Crippen molar-refractivity contribution < 1.29 is 18.4 Å². The lowest BCUT2D eigenvalue weighted by atomic mass is 10.1. The van der Waals surface area contributed by atoms with Crippen LogP contribution in [0.2, 0.25) is 0 Å². The lowest BCUT2D eigenvalue weighted by Crippen LogP contribution is -2.33. The highest BCUT2D eigenvalue weighted by molar-refractivity contribution is 9.10. The van der Waals surface area contributed by atoms with Gasteiger partial charge in [0.25, 0.3) is 0 Å². The summed E-state index contributed by atoms with van der Waals surface area (Å²) in [4.78, 5) is 23.4. The molecule has 0 fully saturated rings. The van der Waals surface area contributed by atoms with E-state index in [0.717, 1.165) is 22.2 Å². The molecule has 4 nitrogen and oxygen atoms in total. The van der Waals surface area contributed by atoms with Crippen molar-refractivity contribution in [3.63, 3.8) is 0 Å². The van der Waals surface area contributed by atoms with Crippen LogP contribution in [0.25, 0.3) is 0 Å². The number of halogens is 3. The van der Waals surface area contributed by atoms with Crippen LogP contribution in [0, 0.1) is 11.6 Å². The second-order valence-electron chi connectivity index (χ2n) is 4.75. The summed E-state index contributed by atoms with van der Waals surface area (Å²) in [5.74, 6) is -2.54. The van der Waals surface area contributed by atoms with Gasteiger partial charge in [-0.1, -0.05) is 28.1 Å². The van der Waals surface area contributed by atoms with E-state index in [9.17, 15) is 18.4 Å². The number of hydrogen-bond acceptors (Lipinski definition) is 2. The zero-order valence-corrected chi connectivity index (χ0v) is 13.5. The Kier molecular flexibility index (Phi) is 5.81. The fourth-order valence-corrected chi connectivity index (χ4v) is 2.08. The van der Waals surface area contributed by atoms with E-state index < -0.39 is 17.5 Å². The topological polar surface area (TPSA) is 58.2 Å². The van der Waals surface area contributed by atoms with Crippen molar-refractivity contribution in [3.05, 3.63) is 64.1 Å². The third-order valence-corrected chi connectivity index (χ3v) is 3.46. The largest absolute Gasteiger partial charge is 0.347 e. The van der Waals surface area contributed by atoms with Gasteiger partial charge in [-0.15, -0.1) is 0 Å². The molecule has 2 aromatic rings. The summed E-state index contributed by atoms with van der Waals surface area (Å²) in [5, 5.41) is 4.70. The van der Waals surface area contributed by atoms with Crippen LogP contribution in [0.3, 0.4) is 0 Å². The minimum Gasteiger partial charge on any atom is -0.347 e. The number of carbonyl (C=O) groups is 2. The van der Waals surface area contributed by atoms with E-state index in [4.69, 9.17) is 0 Å². The van der Waals surface area contributed by atoms with E-state index in [0.29, 0.717) is 6.07 Å². The molecule has 0 aliphatic rings. The molecule has 0 aliphatic carbocycles. The molecule has 7 heteroatoms. The van der Waals surface area contributed by atoms with E-state index in [1.165, 1.54) is 0 Å². The first-order valence-corrected chi connectivity index (χ1v) is 7.49. The van der Waals surface area contributed by atoms with Crippen LogP contribution in [-0.2, 0) is 16.0 Å². The molecule has 2 amide bonds. The zero-order valence-electron chi connectivity index (χ0n) is 11.9. The van der Waals surface area contributed by atoms with Crippen LogP contribution >= 0.6 is 15.9 Å². The summed E-state index contributed by atoms with van der Waals surface area (Å²) >= 11 is 3.30. The quantitative estimate of drug-likeness (QED) is 0.834. The average molecular weight is 383 g/mol. The number of benzene rings is 2. The summed E-state index contributed by atoms with van der Waals surface area (Å²) in [6.07, 6.45) is 0.130. The minimum absolute atomic E-state index is 0.130. The van der Waals surface area contributed by atoms with Gasteiger partial charge in [0.2, 0.25) is 11.8 Å². The van der Waals surface area contributed by atoms with Gasteiger partial charge in [-0.3, -0.25) is 9.59 Å². The second kappa shape index (κ2) is 7.82. The number of carbonyl (C=O) groups excluding carboxylic acids is 2. The molecule has 2 aromatic carbocycles. The standard InChI is InChI=1S/C16H13BrF2N2O2/c17-11-3-1-10(2-4-11)7-15(22)20-9-16(23)21-14-6-5-12(18)8-13(14)19/h1-6,8H,7,9H2,(H,20,22)(H,21,23). The van der Waals surface area contributed by atoms with E-state index in [1.807, 2.05) is 12.1 Å². The lowest BCUT2D eigenvalue weighted by molar-refractivity contribution is -0.123. The van der Waals surface area contributed by atoms with Crippen molar-refractivity contribution in [1.82, 2.24) is 5.32 Å². The van der Waals surface area contributed by atoms with E-state index in [1.54, 1.807) is 12.1 Å². The SMILES string of the molecule is O=C(Cc1ccc(Br)cc1)NCC(=O)Nc1ccc(F)cc1F. The Bertz CT molecular complexity index is 721. The molecule has 120 valence electrons. The van der Waals surface area contributed by atoms with Crippen LogP contribution in [-0.4, -0.2) is 18.4 Å². The first kappa shape index (κ1) is 17.1. The van der Waals surface area contributed by atoms with Crippen LogP contribution < -0.4 is 10.6 Å². The summed E-state index contributed by atoms with van der Waals surface area (Å²) in [7, 11) is 0. The Balaban J connectivity index is 1.81. The van der Waals surface area contributed by atoms with Gasteiger partial charge in [0.05, 0.1) is 18.7 Å². The van der Waals surface area contributed by atoms with Crippen molar-refractivity contribution in [3.8, 4) is 0 Å². The smallest absolute Gasteiger partial charge is 0.243 e. The second-order valence-corrected chi connectivity index (χ2v) is 5.67. The predicted molar refractivity (Wildman–Crippen MR) is 85.8 cm³/mol. The minimum atomic E-state index is -0.875. The van der Waals surface area contributed by atoms with Crippen LogP contribution in [0.15, 0.2) is 46.9 Å². The maximum absolute atomic E-state index is 13.4. The Morgan fingerprint density at radius 1 is 1.00 bits per heavy atom. The van der Waals surface area contributed by atoms with Gasteiger partial charge in [-0.25, -0.2) is 8.78 Å². The molecule has 0 saturated heterocycles. The van der Waals surface area contributed by atoms with Gasteiger partial charge in [0.15, 0.2) is 0 Å². The Hall–Kier alpha value is -2.28. The maximum Gasteiger partial charge on any atom is 0.243 e. The van der Waals surface area contributed by atoms with Crippen LogP contribution in [0.1, 0.15) is 5.56 Å². The van der Waals surface area contributed by atoms with Crippen molar-refractivity contribution in [2.45, 2.75) is 6.42 Å². The molecule has 0 aliphatic heterocycles. The highest BCUT2D eigenvalue weighted by Gasteiger charge is 2.10. The van der Waals surface area contributed by atoms with E-state index in [2.05, 4.69) is 26.6 Å². The van der Waals surface area contributed by atoms with Gasteiger partial charge in [0.1, 0.15) is 11.6 Å². The molecule has 0 aromatic heterocycles. The summed E-state index contributed by atoms with van der Waals surface area (Å²) in [6.45, 7) is -0.299. The number of nitrogens with one attached hydrogen (secondary N) is 2. The molecule has 0 radical (unpaired) electrons.